The average Bonchev–Trinajstić information content (AvgIpc) is 2.28. The summed E-state index contributed by atoms with van der Waals surface area (Å²) < 4.78 is 0. The molecule has 0 fully saturated rings. The van der Waals surface area contributed by atoms with Crippen LogP contribution in [-0.4, -0.2) is 33.4 Å². The molecule has 17 heavy (non-hydrogen) atoms. The van der Waals surface area contributed by atoms with Gasteiger partial charge in [-0.25, -0.2) is 4.98 Å². The number of anilines is 1. The van der Waals surface area contributed by atoms with Crippen LogP contribution in [0.5, 0.6) is 0 Å². The van der Waals surface area contributed by atoms with Gasteiger partial charge < -0.3 is 10.4 Å². The van der Waals surface area contributed by atoms with E-state index in [0.717, 1.165) is 30.8 Å². The molecule has 0 aliphatic carbocycles. The van der Waals surface area contributed by atoms with Gasteiger partial charge in [0.05, 0.1) is 11.4 Å². The Morgan fingerprint density at radius 1 is 1.18 bits per heavy atom. The molecule has 0 saturated heterocycles. The minimum absolute atomic E-state index is 0.116. The Bertz CT molecular complexity index is 366. The summed E-state index contributed by atoms with van der Waals surface area (Å²) in [6, 6.07) is 0. The quantitative estimate of drug-likeness (QED) is 0.789. The van der Waals surface area contributed by atoms with Gasteiger partial charge in [-0.1, -0.05) is 13.8 Å². The summed E-state index contributed by atoms with van der Waals surface area (Å²) in [5, 5.41) is 20.0. The Morgan fingerprint density at radius 2 is 1.88 bits per heavy atom. The number of rotatable bonds is 6. The summed E-state index contributed by atoms with van der Waals surface area (Å²) in [7, 11) is 0. The largest absolute Gasteiger partial charge is 0.396 e. The SMILES string of the molecule is Cc1nnc(NCC(C)(C)CCCO)nc1C. The van der Waals surface area contributed by atoms with Crippen LogP contribution in [-0.2, 0) is 0 Å². The molecule has 0 saturated carbocycles. The molecule has 2 N–H and O–H groups in total. The predicted molar refractivity (Wildman–Crippen MR) is 67.9 cm³/mol. The minimum Gasteiger partial charge on any atom is -0.396 e. The van der Waals surface area contributed by atoms with Crippen molar-refractivity contribution < 1.29 is 5.11 Å². The summed E-state index contributed by atoms with van der Waals surface area (Å²) in [5.74, 6) is 0.574. The molecule has 0 atom stereocenters. The van der Waals surface area contributed by atoms with Gasteiger partial charge in [0, 0.05) is 13.2 Å². The second-order valence-corrected chi connectivity index (χ2v) is 5.15. The normalized spacial score (nSPS) is 11.6. The van der Waals surface area contributed by atoms with Gasteiger partial charge in [0.15, 0.2) is 0 Å². The third kappa shape index (κ3) is 4.65. The van der Waals surface area contributed by atoms with Gasteiger partial charge in [0.25, 0.3) is 0 Å². The van der Waals surface area contributed by atoms with E-state index in [1.807, 2.05) is 13.8 Å². The Balaban J connectivity index is 2.51. The summed E-state index contributed by atoms with van der Waals surface area (Å²) >= 11 is 0. The van der Waals surface area contributed by atoms with Crippen LogP contribution in [0.25, 0.3) is 0 Å². The average molecular weight is 238 g/mol. The number of nitrogens with one attached hydrogen (secondary N) is 1. The molecule has 1 rings (SSSR count). The third-order valence-corrected chi connectivity index (χ3v) is 2.83. The maximum Gasteiger partial charge on any atom is 0.242 e. The molecule has 0 aliphatic rings. The summed E-state index contributed by atoms with van der Waals surface area (Å²) in [4.78, 5) is 4.32. The molecule has 5 nitrogen and oxygen atoms in total. The summed E-state index contributed by atoms with van der Waals surface area (Å²) in [6.07, 6.45) is 1.79. The molecule has 0 amide bonds. The van der Waals surface area contributed by atoms with E-state index in [1.165, 1.54) is 0 Å². The van der Waals surface area contributed by atoms with E-state index in [9.17, 15) is 0 Å². The Kier molecular flexibility index (Phi) is 4.81. The zero-order chi connectivity index (χ0) is 12.9. The molecule has 96 valence electrons. The number of aliphatic hydroxyl groups excluding tert-OH is 1. The Morgan fingerprint density at radius 3 is 2.47 bits per heavy atom. The topological polar surface area (TPSA) is 70.9 Å². The summed E-state index contributed by atoms with van der Waals surface area (Å²) in [5.41, 5.74) is 1.87. The predicted octanol–water partition coefficient (Wildman–Crippen LogP) is 1.70. The van der Waals surface area contributed by atoms with Gasteiger partial charge in [-0.3, -0.25) is 0 Å². The van der Waals surface area contributed by atoms with Crippen LogP contribution < -0.4 is 5.32 Å². The fourth-order valence-corrected chi connectivity index (χ4v) is 1.50. The van der Waals surface area contributed by atoms with Gasteiger partial charge in [-0.05, 0) is 32.1 Å². The lowest BCUT2D eigenvalue weighted by molar-refractivity contribution is 0.247. The van der Waals surface area contributed by atoms with Gasteiger partial charge in [-0.15, -0.1) is 5.10 Å². The lowest BCUT2D eigenvalue weighted by Gasteiger charge is -2.24. The van der Waals surface area contributed by atoms with Crippen molar-refractivity contribution in [2.45, 2.75) is 40.5 Å². The first kappa shape index (κ1) is 13.8. The number of hydrogen-bond donors (Lipinski definition) is 2. The van der Waals surface area contributed by atoms with Crippen molar-refractivity contribution in [3.63, 3.8) is 0 Å². The minimum atomic E-state index is 0.116. The molecule has 0 aromatic carbocycles. The third-order valence-electron chi connectivity index (χ3n) is 2.83. The van der Waals surface area contributed by atoms with E-state index in [2.05, 4.69) is 34.3 Å². The molecule has 5 heteroatoms. The van der Waals surface area contributed by atoms with Crippen LogP contribution in [0.1, 0.15) is 38.1 Å². The summed E-state index contributed by atoms with van der Waals surface area (Å²) in [6.45, 7) is 9.15. The van der Waals surface area contributed by atoms with Crippen molar-refractivity contribution in [3.8, 4) is 0 Å². The maximum absolute atomic E-state index is 8.83. The first-order valence-corrected chi connectivity index (χ1v) is 5.97. The van der Waals surface area contributed by atoms with Gasteiger partial charge in [-0.2, -0.15) is 5.10 Å². The van der Waals surface area contributed by atoms with Gasteiger partial charge >= 0.3 is 0 Å². The zero-order valence-electron chi connectivity index (χ0n) is 11.1. The Hall–Kier alpha value is -1.23. The van der Waals surface area contributed by atoms with Crippen LogP contribution in [0.15, 0.2) is 0 Å². The number of aromatic nitrogens is 3. The lowest BCUT2D eigenvalue weighted by atomic mass is 9.88. The van der Waals surface area contributed by atoms with Crippen molar-refractivity contribution in [2.75, 3.05) is 18.5 Å². The van der Waals surface area contributed by atoms with Crippen LogP contribution in [0, 0.1) is 19.3 Å². The Labute approximate surface area is 103 Å². The first-order valence-electron chi connectivity index (χ1n) is 5.97. The van der Waals surface area contributed by atoms with Crippen molar-refractivity contribution in [1.82, 2.24) is 15.2 Å². The first-order chi connectivity index (χ1) is 7.94. The molecule has 1 aromatic rings. The maximum atomic E-state index is 8.83. The van der Waals surface area contributed by atoms with Crippen molar-refractivity contribution in [1.29, 1.82) is 0 Å². The molecule has 0 radical (unpaired) electrons. The lowest BCUT2D eigenvalue weighted by Crippen LogP contribution is -2.24. The molecule has 1 heterocycles. The van der Waals surface area contributed by atoms with Crippen LogP contribution in [0.3, 0.4) is 0 Å². The smallest absolute Gasteiger partial charge is 0.242 e. The van der Waals surface area contributed by atoms with E-state index in [1.54, 1.807) is 0 Å². The fourth-order valence-electron chi connectivity index (χ4n) is 1.50. The second-order valence-electron chi connectivity index (χ2n) is 5.15. The van der Waals surface area contributed by atoms with Crippen molar-refractivity contribution >= 4 is 5.95 Å². The van der Waals surface area contributed by atoms with Crippen LogP contribution in [0.2, 0.25) is 0 Å². The molecular formula is C12H22N4O. The molecule has 0 unspecified atom stereocenters. The van der Waals surface area contributed by atoms with E-state index in [0.29, 0.717) is 5.95 Å². The molecular weight excluding hydrogens is 216 g/mol. The fraction of sp³-hybridized carbons (Fsp3) is 0.750. The molecule has 1 aromatic heterocycles. The van der Waals surface area contributed by atoms with Crippen LogP contribution >= 0.6 is 0 Å². The second kappa shape index (κ2) is 5.91. The molecule has 0 bridgehead atoms. The number of nitrogens with zero attached hydrogens (tertiary/aromatic N) is 3. The van der Waals surface area contributed by atoms with E-state index in [4.69, 9.17) is 5.11 Å². The molecule has 0 aliphatic heterocycles. The van der Waals surface area contributed by atoms with Crippen molar-refractivity contribution in [2.24, 2.45) is 5.41 Å². The highest BCUT2D eigenvalue weighted by Gasteiger charge is 2.17. The van der Waals surface area contributed by atoms with Gasteiger partial charge in [0.1, 0.15) is 0 Å². The zero-order valence-corrected chi connectivity index (χ0v) is 11.1. The number of hydrogen-bond acceptors (Lipinski definition) is 5. The van der Waals surface area contributed by atoms with E-state index >= 15 is 0 Å². The monoisotopic (exact) mass is 238 g/mol. The van der Waals surface area contributed by atoms with Crippen molar-refractivity contribution in [3.05, 3.63) is 11.4 Å². The van der Waals surface area contributed by atoms with Gasteiger partial charge in [0.2, 0.25) is 5.95 Å². The highest BCUT2D eigenvalue weighted by molar-refractivity contribution is 5.24. The van der Waals surface area contributed by atoms with Crippen LogP contribution in [0.4, 0.5) is 5.95 Å². The highest BCUT2D eigenvalue weighted by atomic mass is 16.2. The number of aliphatic hydroxyl groups is 1. The highest BCUT2D eigenvalue weighted by Crippen LogP contribution is 2.22. The number of aryl methyl sites for hydroxylation is 2. The standard InChI is InChI=1S/C12H22N4O/c1-9-10(2)15-16-11(14-9)13-8-12(3,4)6-5-7-17/h17H,5-8H2,1-4H3,(H,13,14,16). The molecule has 0 spiro atoms. The van der Waals surface area contributed by atoms with E-state index in [-0.39, 0.29) is 12.0 Å². The van der Waals surface area contributed by atoms with E-state index < -0.39 is 0 Å².